The summed E-state index contributed by atoms with van der Waals surface area (Å²) in [6, 6.07) is 12.2. The summed E-state index contributed by atoms with van der Waals surface area (Å²) in [4.78, 5) is 23.4. The first-order valence-electron chi connectivity index (χ1n) is 9.05. The molecule has 0 aliphatic carbocycles. The summed E-state index contributed by atoms with van der Waals surface area (Å²) < 4.78 is 16.6. The number of rotatable bonds is 7. The average molecular weight is 384 g/mol. The number of primary amides is 1. The molecule has 2 amide bonds. The molecule has 0 aromatic heterocycles. The quantitative estimate of drug-likeness (QED) is 0.761. The van der Waals surface area contributed by atoms with E-state index in [1.54, 1.807) is 18.2 Å². The summed E-state index contributed by atoms with van der Waals surface area (Å²) in [7, 11) is 0. The second-order valence-electron chi connectivity index (χ2n) is 7.20. The third-order valence-corrected chi connectivity index (χ3v) is 4.54. The molecule has 7 heteroatoms. The zero-order valence-corrected chi connectivity index (χ0v) is 16.0. The number of carbonyl (C=O) groups is 2. The van der Waals surface area contributed by atoms with Crippen LogP contribution in [0.3, 0.4) is 0 Å². The number of ether oxygens (including phenoxy) is 3. The van der Waals surface area contributed by atoms with Crippen molar-refractivity contribution in [1.29, 1.82) is 0 Å². The Morgan fingerprint density at radius 3 is 2.61 bits per heavy atom. The number of nitrogens with two attached hydrogens (primary N) is 1. The molecule has 1 aliphatic rings. The molecule has 0 atom stereocenters. The molecule has 0 spiro atoms. The topological polar surface area (TPSA) is 99.9 Å². The third-order valence-electron chi connectivity index (χ3n) is 4.54. The summed E-state index contributed by atoms with van der Waals surface area (Å²) in [5, 5.41) is 2.88. The van der Waals surface area contributed by atoms with Crippen LogP contribution in [0.2, 0.25) is 0 Å². The van der Waals surface area contributed by atoms with Crippen molar-refractivity contribution in [2.24, 2.45) is 5.73 Å². The maximum Gasteiger partial charge on any atom is 0.257 e. The number of amides is 2. The first-order valence-corrected chi connectivity index (χ1v) is 9.05. The second-order valence-corrected chi connectivity index (χ2v) is 7.20. The second kappa shape index (κ2) is 8.21. The summed E-state index contributed by atoms with van der Waals surface area (Å²) in [6.45, 7) is 5.43. The Morgan fingerprint density at radius 1 is 1.11 bits per heavy atom. The number of fused-ring (bicyclic) bond motifs is 1. The monoisotopic (exact) mass is 384 g/mol. The first kappa shape index (κ1) is 19.5. The lowest BCUT2D eigenvalue weighted by Crippen LogP contribution is -2.39. The molecular formula is C21H24N2O5. The van der Waals surface area contributed by atoms with Gasteiger partial charge in [0.05, 0.1) is 0 Å². The Hall–Kier alpha value is -3.22. The van der Waals surface area contributed by atoms with Gasteiger partial charge in [-0.25, -0.2) is 0 Å². The van der Waals surface area contributed by atoms with E-state index >= 15 is 0 Å². The summed E-state index contributed by atoms with van der Waals surface area (Å²) in [5.41, 5.74) is 6.30. The summed E-state index contributed by atoms with van der Waals surface area (Å²) in [5.74, 6) is 1.07. The maximum absolute atomic E-state index is 12.2. The molecular weight excluding hydrogens is 360 g/mol. The molecule has 0 radical (unpaired) electrons. The first-order chi connectivity index (χ1) is 13.3. The Kier molecular flexibility index (Phi) is 5.73. The Labute approximate surface area is 163 Å². The molecule has 0 saturated carbocycles. The van der Waals surface area contributed by atoms with E-state index in [1.165, 1.54) is 6.07 Å². The van der Waals surface area contributed by atoms with E-state index in [-0.39, 0.29) is 17.9 Å². The van der Waals surface area contributed by atoms with Crippen LogP contribution in [0.4, 0.5) is 0 Å². The molecule has 3 N–H and O–H groups in total. The predicted molar refractivity (Wildman–Crippen MR) is 104 cm³/mol. The van der Waals surface area contributed by atoms with Gasteiger partial charge >= 0.3 is 0 Å². The van der Waals surface area contributed by atoms with Gasteiger partial charge in [-0.2, -0.15) is 0 Å². The number of carbonyl (C=O) groups excluding carboxylic acids is 2. The summed E-state index contributed by atoms with van der Waals surface area (Å²) >= 11 is 0. The minimum absolute atomic E-state index is 0.153. The van der Waals surface area contributed by atoms with Crippen LogP contribution in [0.1, 0.15) is 29.8 Å². The normalized spacial score (nSPS) is 12.9. The molecule has 28 heavy (non-hydrogen) atoms. The molecule has 148 valence electrons. The van der Waals surface area contributed by atoms with Crippen LogP contribution in [0.15, 0.2) is 42.5 Å². The largest absolute Gasteiger partial charge is 0.486 e. The lowest BCUT2D eigenvalue weighted by atomic mass is 9.84. The highest BCUT2D eigenvalue weighted by molar-refractivity contribution is 5.93. The summed E-state index contributed by atoms with van der Waals surface area (Å²) in [6.07, 6.45) is 0. The van der Waals surface area contributed by atoms with Crippen LogP contribution in [-0.4, -0.2) is 38.2 Å². The highest BCUT2D eigenvalue weighted by Gasteiger charge is 2.24. The van der Waals surface area contributed by atoms with E-state index < -0.39 is 5.91 Å². The van der Waals surface area contributed by atoms with E-state index in [2.05, 4.69) is 5.32 Å². The van der Waals surface area contributed by atoms with Crippen molar-refractivity contribution in [3.05, 3.63) is 53.6 Å². The van der Waals surface area contributed by atoms with Crippen molar-refractivity contribution in [2.45, 2.75) is 19.3 Å². The van der Waals surface area contributed by atoms with Crippen molar-refractivity contribution in [2.75, 3.05) is 26.4 Å². The van der Waals surface area contributed by atoms with Gasteiger partial charge in [-0.1, -0.05) is 26.0 Å². The van der Waals surface area contributed by atoms with E-state index in [4.69, 9.17) is 19.9 Å². The van der Waals surface area contributed by atoms with Crippen LogP contribution in [0.25, 0.3) is 0 Å². The van der Waals surface area contributed by atoms with Crippen LogP contribution < -0.4 is 25.3 Å². The molecule has 0 fully saturated rings. The van der Waals surface area contributed by atoms with Crippen molar-refractivity contribution in [3.8, 4) is 17.2 Å². The molecule has 1 heterocycles. The van der Waals surface area contributed by atoms with Gasteiger partial charge in [0.15, 0.2) is 18.1 Å². The lowest BCUT2D eigenvalue weighted by Gasteiger charge is -2.27. The molecule has 2 aromatic carbocycles. The standard InChI is InChI=1S/C21H24N2O5/c1-21(2,15-6-7-17-18(11-15)27-9-8-26-17)13-23-19(24)12-28-16-5-3-4-14(10-16)20(22)25/h3-7,10-11H,8-9,12-13H2,1-2H3,(H2,22,25)(H,23,24). The van der Waals surface area contributed by atoms with Gasteiger partial charge in [0.1, 0.15) is 19.0 Å². The minimum atomic E-state index is -0.545. The van der Waals surface area contributed by atoms with Crippen molar-refractivity contribution in [1.82, 2.24) is 5.32 Å². The molecule has 2 aromatic rings. The Balaban J connectivity index is 1.54. The molecule has 1 aliphatic heterocycles. The SMILES string of the molecule is CC(C)(CNC(=O)COc1cccc(C(N)=O)c1)c1ccc2c(c1)OCCO2. The highest BCUT2D eigenvalue weighted by atomic mass is 16.6. The van der Waals surface area contributed by atoms with Gasteiger partial charge in [-0.05, 0) is 35.9 Å². The van der Waals surface area contributed by atoms with Crippen LogP contribution in [0, 0.1) is 0 Å². The van der Waals surface area contributed by atoms with Gasteiger partial charge in [-0.3, -0.25) is 9.59 Å². The number of hydrogen-bond donors (Lipinski definition) is 2. The molecule has 0 unspecified atom stereocenters. The van der Waals surface area contributed by atoms with Crippen LogP contribution in [-0.2, 0) is 10.2 Å². The van der Waals surface area contributed by atoms with Gasteiger partial charge in [0.25, 0.3) is 5.91 Å². The van der Waals surface area contributed by atoms with Gasteiger partial charge in [0.2, 0.25) is 5.91 Å². The molecule has 0 bridgehead atoms. The number of benzene rings is 2. The van der Waals surface area contributed by atoms with Crippen LogP contribution >= 0.6 is 0 Å². The van der Waals surface area contributed by atoms with Crippen molar-refractivity contribution in [3.63, 3.8) is 0 Å². The minimum Gasteiger partial charge on any atom is -0.486 e. The van der Waals surface area contributed by atoms with Gasteiger partial charge < -0.3 is 25.3 Å². The van der Waals surface area contributed by atoms with Gasteiger partial charge in [0, 0.05) is 17.5 Å². The molecule has 3 rings (SSSR count). The third kappa shape index (κ3) is 4.73. The van der Waals surface area contributed by atoms with Crippen molar-refractivity contribution >= 4 is 11.8 Å². The van der Waals surface area contributed by atoms with E-state index in [1.807, 2.05) is 32.0 Å². The zero-order valence-electron chi connectivity index (χ0n) is 16.0. The highest BCUT2D eigenvalue weighted by Crippen LogP contribution is 2.34. The van der Waals surface area contributed by atoms with E-state index in [9.17, 15) is 9.59 Å². The zero-order chi connectivity index (χ0) is 20.1. The molecule has 7 nitrogen and oxygen atoms in total. The predicted octanol–water partition coefficient (Wildman–Crippen LogP) is 2.03. The van der Waals surface area contributed by atoms with Gasteiger partial charge in [-0.15, -0.1) is 0 Å². The fourth-order valence-corrected chi connectivity index (χ4v) is 2.83. The van der Waals surface area contributed by atoms with Crippen LogP contribution in [0.5, 0.6) is 17.2 Å². The lowest BCUT2D eigenvalue weighted by molar-refractivity contribution is -0.123. The average Bonchev–Trinajstić information content (AvgIpc) is 2.70. The number of nitrogens with one attached hydrogen (secondary N) is 1. The fraction of sp³-hybridized carbons (Fsp3) is 0.333. The van der Waals surface area contributed by atoms with E-state index in [0.717, 1.165) is 17.1 Å². The maximum atomic E-state index is 12.2. The Bertz CT molecular complexity index is 879. The smallest absolute Gasteiger partial charge is 0.257 e. The van der Waals surface area contributed by atoms with E-state index in [0.29, 0.717) is 31.1 Å². The van der Waals surface area contributed by atoms with Crippen molar-refractivity contribution < 1.29 is 23.8 Å². The molecule has 0 saturated heterocycles. The number of hydrogen-bond acceptors (Lipinski definition) is 5. The fourth-order valence-electron chi connectivity index (χ4n) is 2.83. The Morgan fingerprint density at radius 2 is 1.86 bits per heavy atom.